The molecule has 1 saturated heterocycles. The third-order valence-corrected chi connectivity index (χ3v) is 2.70. The lowest BCUT2D eigenvalue weighted by Gasteiger charge is -2.28. The van der Waals surface area contributed by atoms with Gasteiger partial charge < -0.3 is 4.74 Å². The van der Waals surface area contributed by atoms with Crippen LogP contribution in [0.3, 0.4) is 0 Å². The molecule has 11 heavy (non-hydrogen) atoms. The van der Waals surface area contributed by atoms with Crippen molar-refractivity contribution in [1.82, 2.24) is 4.90 Å². The van der Waals surface area contributed by atoms with Gasteiger partial charge in [0.1, 0.15) is 6.23 Å². The van der Waals surface area contributed by atoms with E-state index in [0.29, 0.717) is 6.23 Å². The monoisotopic (exact) mass is 157 g/mol. The molecule has 2 unspecified atom stereocenters. The summed E-state index contributed by atoms with van der Waals surface area (Å²) < 4.78 is 5.29. The van der Waals surface area contributed by atoms with Gasteiger partial charge in [-0.05, 0) is 26.2 Å². The van der Waals surface area contributed by atoms with E-state index in [2.05, 4.69) is 18.7 Å². The fourth-order valence-corrected chi connectivity index (χ4v) is 1.91. The standard InChI is InChI=1S/C9H19NO/c1-4-9-6-5-7-10(9)8(2)11-3/h8-9H,4-7H2,1-3H3. The summed E-state index contributed by atoms with van der Waals surface area (Å²) in [6.07, 6.45) is 4.26. The van der Waals surface area contributed by atoms with Crippen molar-refractivity contribution in [3.63, 3.8) is 0 Å². The lowest BCUT2D eigenvalue weighted by atomic mass is 10.2. The number of likely N-dealkylation sites (tertiary alicyclic amines) is 1. The SMILES string of the molecule is CCC1CCCN1C(C)OC. The molecule has 0 N–H and O–H groups in total. The number of hydrogen-bond acceptors (Lipinski definition) is 2. The van der Waals surface area contributed by atoms with Crippen LogP contribution in [0.15, 0.2) is 0 Å². The quantitative estimate of drug-likeness (QED) is 0.620. The van der Waals surface area contributed by atoms with Crippen molar-refractivity contribution in [1.29, 1.82) is 0 Å². The van der Waals surface area contributed by atoms with Crippen LogP contribution < -0.4 is 0 Å². The minimum atomic E-state index is 0.308. The molecule has 0 aromatic rings. The van der Waals surface area contributed by atoms with Gasteiger partial charge in [0.15, 0.2) is 0 Å². The average molecular weight is 157 g/mol. The first-order valence-corrected chi connectivity index (χ1v) is 4.58. The van der Waals surface area contributed by atoms with E-state index in [1.165, 1.54) is 25.8 Å². The topological polar surface area (TPSA) is 12.5 Å². The van der Waals surface area contributed by atoms with Gasteiger partial charge in [0.25, 0.3) is 0 Å². The van der Waals surface area contributed by atoms with Crippen LogP contribution in [0.5, 0.6) is 0 Å². The van der Waals surface area contributed by atoms with E-state index < -0.39 is 0 Å². The molecular formula is C9H19NO. The smallest absolute Gasteiger partial charge is 0.107 e. The van der Waals surface area contributed by atoms with E-state index in [9.17, 15) is 0 Å². The number of hydrogen-bond donors (Lipinski definition) is 0. The van der Waals surface area contributed by atoms with Crippen molar-refractivity contribution < 1.29 is 4.74 Å². The highest BCUT2D eigenvalue weighted by molar-refractivity contribution is 4.78. The Morgan fingerprint density at radius 1 is 1.64 bits per heavy atom. The Morgan fingerprint density at radius 2 is 2.36 bits per heavy atom. The summed E-state index contributed by atoms with van der Waals surface area (Å²) in [7, 11) is 1.79. The summed E-state index contributed by atoms with van der Waals surface area (Å²) in [4.78, 5) is 2.46. The second kappa shape index (κ2) is 4.07. The average Bonchev–Trinajstić information content (AvgIpc) is 2.50. The Morgan fingerprint density at radius 3 is 2.91 bits per heavy atom. The van der Waals surface area contributed by atoms with Gasteiger partial charge >= 0.3 is 0 Å². The number of rotatable bonds is 3. The van der Waals surface area contributed by atoms with Gasteiger partial charge in [-0.25, -0.2) is 0 Å². The normalized spacial score (nSPS) is 29.2. The summed E-state index contributed by atoms with van der Waals surface area (Å²) in [5.74, 6) is 0. The molecule has 2 nitrogen and oxygen atoms in total. The van der Waals surface area contributed by atoms with Crippen LogP contribution in [0.25, 0.3) is 0 Å². The predicted octanol–water partition coefficient (Wildman–Crippen LogP) is 1.85. The molecule has 0 bridgehead atoms. The van der Waals surface area contributed by atoms with Crippen LogP contribution in [-0.2, 0) is 4.74 Å². The van der Waals surface area contributed by atoms with E-state index in [4.69, 9.17) is 4.74 Å². The lowest BCUT2D eigenvalue weighted by Crippen LogP contribution is -2.37. The minimum Gasteiger partial charge on any atom is -0.367 e. The lowest BCUT2D eigenvalue weighted by molar-refractivity contribution is -0.0265. The third kappa shape index (κ3) is 1.94. The fourth-order valence-electron chi connectivity index (χ4n) is 1.91. The van der Waals surface area contributed by atoms with Gasteiger partial charge in [0.05, 0.1) is 0 Å². The summed E-state index contributed by atoms with van der Waals surface area (Å²) in [5, 5.41) is 0. The van der Waals surface area contributed by atoms with Crippen LogP contribution in [0, 0.1) is 0 Å². The maximum absolute atomic E-state index is 5.29. The zero-order valence-corrected chi connectivity index (χ0v) is 7.84. The van der Waals surface area contributed by atoms with Gasteiger partial charge in [-0.3, -0.25) is 4.90 Å². The predicted molar refractivity (Wildman–Crippen MR) is 46.5 cm³/mol. The highest BCUT2D eigenvalue weighted by Gasteiger charge is 2.26. The van der Waals surface area contributed by atoms with Gasteiger partial charge in [0, 0.05) is 19.7 Å². The number of ether oxygens (including phenoxy) is 1. The molecule has 1 heterocycles. The van der Waals surface area contributed by atoms with Gasteiger partial charge in [-0.1, -0.05) is 6.92 Å². The Bertz CT molecular complexity index is 116. The molecule has 0 spiro atoms. The Hall–Kier alpha value is -0.0800. The highest BCUT2D eigenvalue weighted by atomic mass is 16.5. The Balaban J connectivity index is 2.42. The highest BCUT2D eigenvalue weighted by Crippen LogP contribution is 2.22. The minimum absolute atomic E-state index is 0.308. The van der Waals surface area contributed by atoms with E-state index in [1.54, 1.807) is 7.11 Å². The molecular weight excluding hydrogens is 138 g/mol. The molecule has 0 aromatic carbocycles. The molecule has 0 aromatic heterocycles. The van der Waals surface area contributed by atoms with E-state index in [1.807, 2.05) is 0 Å². The van der Waals surface area contributed by atoms with E-state index in [-0.39, 0.29) is 0 Å². The summed E-state index contributed by atoms with van der Waals surface area (Å²) in [5.41, 5.74) is 0. The van der Waals surface area contributed by atoms with Gasteiger partial charge in [-0.15, -0.1) is 0 Å². The van der Waals surface area contributed by atoms with Crippen LogP contribution in [0.4, 0.5) is 0 Å². The zero-order valence-electron chi connectivity index (χ0n) is 7.84. The molecule has 2 atom stereocenters. The largest absolute Gasteiger partial charge is 0.367 e. The van der Waals surface area contributed by atoms with Crippen LogP contribution in [0.2, 0.25) is 0 Å². The summed E-state index contributed by atoms with van der Waals surface area (Å²) in [6, 6.07) is 0.768. The van der Waals surface area contributed by atoms with Crippen LogP contribution in [0.1, 0.15) is 33.1 Å². The summed E-state index contributed by atoms with van der Waals surface area (Å²) >= 11 is 0. The zero-order chi connectivity index (χ0) is 8.27. The first-order chi connectivity index (χ1) is 5.29. The fraction of sp³-hybridized carbons (Fsp3) is 1.00. The van der Waals surface area contributed by atoms with Gasteiger partial charge in [-0.2, -0.15) is 0 Å². The van der Waals surface area contributed by atoms with Crippen molar-refractivity contribution in [2.45, 2.75) is 45.4 Å². The molecule has 0 radical (unpaired) electrons. The van der Waals surface area contributed by atoms with Crippen molar-refractivity contribution in [3.05, 3.63) is 0 Å². The van der Waals surface area contributed by atoms with Crippen molar-refractivity contribution in [2.24, 2.45) is 0 Å². The van der Waals surface area contributed by atoms with E-state index in [0.717, 1.165) is 6.04 Å². The second-order valence-corrected chi connectivity index (χ2v) is 3.28. The summed E-state index contributed by atoms with van der Waals surface area (Å²) in [6.45, 7) is 5.60. The third-order valence-electron chi connectivity index (χ3n) is 2.70. The number of methoxy groups -OCH3 is 1. The maximum atomic E-state index is 5.29. The molecule has 0 aliphatic carbocycles. The molecule has 0 saturated carbocycles. The second-order valence-electron chi connectivity index (χ2n) is 3.28. The van der Waals surface area contributed by atoms with E-state index >= 15 is 0 Å². The van der Waals surface area contributed by atoms with Gasteiger partial charge in [0.2, 0.25) is 0 Å². The van der Waals surface area contributed by atoms with Crippen molar-refractivity contribution in [3.8, 4) is 0 Å². The molecule has 1 fully saturated rings. The molecule has 0 amide bonds. The Kier molecular flexibility index (Phi) is 3.34. The molecule has 1 rings (SSSR count). The molecule has 2 heteroatoms. The number of nitrogens with zero attached hydrogens (tertiary/aromatic N) is 1. The molecule has 66 valence electrons. The first-order valence-electron chi connectivity index (χ1n) is 4.58. The van der Waals surface area contributed by atoms with Crippen LogP contribution in [-0.4, -0.2) is 30.8 Å². The maximum Gasteiger partial charge on any atom is 0.107 e. The van der Waals surface area contributed by atoms with Crippen molar-refractivity contribution >= 4 is 0 Å². The van der Waals surface area contributed by atoms with Crippen molar-refractivity contribution in [2.75, 3.05) is 13.7 Å². The first kappa shape index (κ1) is 9.01. The molecule has 1 aliphatic rings. The molecule has 1 aliphatic heterocycles. The van der Waals surface area contributed by atoms with Crippen LogP contribution >= 0.6 is 0 Å². The Labute approximate surface area is 69.5 Å².